The third-order valence-corrected chi connectivity index (χ3v) is 3.95. The van der Waals surface area contributed by atoms with Gasteiger partial charge in [-0.05, 0) is 0 Å². The summed E-state index contributed by atoms with van der Waals surface area (Å²) < 4.78 is 0. The average Bonchev–Trinajstić information content (AvgIpc) is 2.36. The van der Waals surface area contributed by atoms with Gasteiger partial charge in [0.15, 0.2) is 0 Å². The normalized spacial score (nSPS) is 26.2. The maximum atomic E-state index is 11.6. The van der Waals surface area contributed by atoms with Crippen molar-refractivity contribution in [3.05, 3.63) is 11.3 Å². The molecule has 1 amide bonds. The van der Waals surface area contributed by atoms with Crippen LogP contribution in [0.1, 0.15) is 0 Å². The van der Waals surface area contributed by atoms with Crippen molar-refractivity contribution in [2.75, 3.05) is 5.75 Å². The van der Waals surface area contributed by atoms with Crippen LogP contribution in [-0.4, -0.2) is 51.2 Å². The van der Waals surface area contributed by atoms with E-state index in [0.717, 1.165) is 4.90 Å². The van der Waals surface area contributed by atoms with Gasteiger partial charge in [-0.15, -0.1) is 16.9 Å². The van der Waals surface area contributed by atoms with E-state index in [1.165, 1.54) is 18.0 Å². The van der Waals surface area contributed by atoms with Crippen molar-refractivity contribution in [1.29, 1.82) is 0 Å². The number of nitrogens with two attached hydrogens (primary N) is 3. The number of hydrogen-bond donors (Lipinski definition) is 4. The van der Waals surface area contributed by atoms with Gasteiger partial charge in [0, 0.05) is 11.3 Å². The molecule has 2 aliphatic heterocycles. The van der Waals surface area contributed by atoms with Crippen LogP contribution in [0.2, 0.25) is 0 Å². The van der Waals surface area contributed by atoms with Gasteiger partial charge in [-0.3, -0.25) is 9.69 Å². The standard InChI is InChI=1S/C9H12N6O3S/c10-4-6(16)15-5(8(17)18)3(2-19-7(4)15)1-13-14-9(11)12/h1,4,7H,2,10H2,(H,17,18)(H4,11,12,14). The maximum Gasteiger partial charge on any atom is 0.353 e. The molecule has 0 radical (unpaired) electrons. The minimum absolute atomic E-state index is 0.120. The zero-order valence-corrected chi connectivity index (χ0v) is 10.5. The molecule has 2 aliphatic rings. The topological polar surface area (TPSA) is 160 Å². The zero-order chi connectivity index (χ0) is 14.2. The summed E-state index contributed by atoms with van der Waals surface area (Å²) in [5.41, 5.74) is 16.0. The van der Waals surface area contributed by atoms with Crippen LogP contribution in [-0.2, 0) is 9.59 Å². The second kappa shape index (κ2) is 4.90. The molecule has 0 saturated carbocycles. The van der Waals surface area contributed by atoms with E-state index in [-0.39, 0.29) is 17.0 Å². The van der Waals surface area contributed by atoms with Crippen LogP contribution in [0.4, 0.5) is 0 Å². The summed E-state index contributed by atoms with van der Waals surface area (Å²) in [6.45, 7) is 0. The lowest BCUT2D eigenvalue weighted by Gasteiger charge is -2.47. The highest BCUT2D eigenvalue weighted by molar-refractivity contribution is 8.00. The molecule has 2 unspecified atom stereocenters. The van der Waals surface area contributed by atoms with Crippen molar-refractivity contribution in [2.45, 2.75) is 11.4 Å². The smallest absolute Gasteiger partial charge is 0.353 e. The quantitative estimate of drug-likeness (QED) is 0.198. The fourth-order valence-electron chi connectivity index (χ4n) is 1.80. The summed E-state index contributed by atoms with van der Waals surface area (Å²) in [6, 6.07) is -0.657. The maximum absolute atomic E-state index is 11.6. The van der Waals surface area contributed by atoms with Gasteiger partial charge in [0.25, 0.3) is 0 Å². The third kappa shape index (κ3) is 2.27. The van der Waals surface area contributed by atoms with E-state index in [2.05, 4.69) is 10.2 Å². The summed E-state index contributed by atoms with van der Waals surface area (Å²) in [5.74, 6) is -1.50. The second-order valence-electron chi connectivity index (χ2n) is 3.88. The first-order chi connectivity index (χ1) is 8.93. The first-order valence-electron chi connectivity index (χ1n) is 5.22. The Morgan fingerprint density at radius 2 is 2.21 bits per heavy atom. The number of β-lactam (4-membered cyclic amide) rings is 1. The van der Waals surface area contributed by atoms with Gasteiger partial charge in [0.1, 0.15) is 17.1 Å². The van der Waals surface area contributed by atoms with E-state index < -0.39 is 17.9 Å². The Labute approximate surface area is 112 Å². The first-order valence-corrected chi connectivity index (χ1v) is 6.27. The highest BCUT2D eigenvalue weighted by Crippen LogP contribution is 2.38. The fourth-order valence-corrected chi connectivity index (χ4v) is 3.05. The highest BCUT2D eigenvalue weighted by atomic mass is 32.2. The Bertz CT molecular complexity index is 524. The molecule has 7 N–H and O–H groups in total. The molecule has 1 saturated heterocycles. The van der Waals surface area contributed by atoms with Gasteiger partial charge >= 0.3 is 5.97 Å². The molecule has 2 rings (SSSR count). The van der Waals surface area contributed by atoms with Gasteiger partial charge in [0.2, 0.25) is 11.9 Å². The van der Waals surface area contributed by atoms with Crippen molar-refractivity contribution in [1.82, 2.24) is 4.90 Å². The number of hydrogen-bond acceptors (Lipinski definition) is 6. The van der Waals surface area contributed by atoms with Crippen molar-refractivity contribution in [2.24, 2.45) is 27.4 Å². The van der Waals surface area contributed by atoms with Crippen LogP contribution >= 0.6 is 11.8 Å². The van der Waals surface area contributed by atoms with Gasteiger partial charge in [-0.1, -0.05) is 0 Å². The Kier molecular flexibility index (Phi) is 3.44. The lowest BCUT2D eigenvalue weighted by molar-refractivity contribution is -0.147. The number of carbonyl (C=O) groups excluding carboxylic acids is 1. The summed E-state index contributed by atoms with van der Waals surface area (Å²) in [5, 5.41) is 15.8. The highest BCUT2D eigenvalue weighted by Gasteiger charge is 2.51. The van der Waals surface area contributed by atoms with E-state index in [4.69, 9.17) is 17.2 Å². The van der Waals surface area contributed by atoms with Crippen LogP contribution in [0.5, 0.6) is 0 Å². The van der Waals surface area contributed by atoms with Gasteiger partial charge in [0.05, 0.1) is 6.21 Å². The van der Waals surface area contributed by atoms with Gasteiger partial charge in [-0.25, -0.2) is 4.79 Å². The number of fused-ring (bicyclic) bond motifs is 1. The number of rotatable bonds is 3. The Morgan fingerprint density at radius 3 is 2.79 bits per heavy atom. The van der Waals surface area contributed by atoms with Crippen molar-refractivity contribution < 1.29 is 14.7 Å². The molecule has 0 aromatic heterocycles. The van der Waals surface area contributed by atoms with Crippen molar-refractivity contribution in [3.8, 4) is 0 Å². The molecule has 0 aromatic rings. The van der Waals surface area contributed by atoms with Crippen LogP contribution in [0.15, 0.2) is 21.5 Å². The average molecular weight is 284 g/mol. The number of carboxylic acids is 1. The van der Waals surface area contributed by atoms with E-state index in [0.29, 0.717) is 11.3 Å². The van der Waals surface area contributed by atoms with Crippen LogP contribution in [0.3, 0.4) is 0 Å². The van der Waals surface area contributed by atoms with E-state index in [1.807, 2.05) is 0 Å². The monoisotopic (exact) mass is 284 g/mol. The van der Waals surface area contributed by atoms with E-state index in [1.54, 1.807) is 0 Å². The summed E-state index contributed by atoms with van der Waals surface area (Å²) in [7, 11) is 0. The number of thioether (sulfide) groups is 1. The lowest BCUT2D eigenvalue weighted by atomic mass is 10.0. The number of carbonyl (C=O) groups is 2. The Hall–Kier alpha value is -2.07. The Balaban J connectivity index is 2.33. The minimum Gasteiger partial charge on any atom is -0.477 e. The predicted octanol–water partition coefficient (Wildman–Crippen LogP) is -2.17. The molecule has 10 heteroatoms. The van der Waals surface area contributed by atoms with Gasteiger partial charge in [-0.2, -0.15) is 5.10 Å². The number of nitrogens with zero attached hydrogens (tertiary/aromatic N) is 3. The van der Waals surface area contributed by atoms with Gasteiger partial charge < -0.3 is 22.3 Å². The SMILES string of the molecule is NC(N)=NN=CC1=C(C(=O)O)N2C(=O)C(N)C2SC1. The number of aliphatic carboxylic acids is 1. The molecule has 0 aromatic carbocycles. The van der Waals surface area contributed by atoms with Crippen LogP contribution < -0.4 is 17.2 Å². The van der Waals surface area contributed by atoms with Crippen molar-refractivity contribution in [3.63, 3.8) is 0 Å². The second-order valence-corrected chi connectivity index (χ2v) is 4.99. The zero-order valence-electron chi connectivity index (χ0n) is 9.68. The molecule has 2 heterocycles. The molecule has 19 heavy (non-hydrogen) atoms. The van der Waals surface area contributed by atoms with Crippen LogP contribution in [0.25, 0.3) is 0 Å². The number of carboxylic acid groups (broad SMARTS) is 1. The molecule has 9 nitrogen and oxygen atoms in total. The molecular weight excluding hydrogens is 272 g/mol. The molecule has 0 aliphatic carbocycles. The first kappa shape index (κ1) is 13.4. The fraction of sp³-hybridized carbons (Fsp3) is 0.333. The predicted molar refractivity (Wildman–Crippen MR) is 70.0 cm³/mol. The number of amides is 1. The van der Waals surface area contributed by atoms with E-state index >= 15 is 0 Å². The third-order valence-electron chi connectivity index (χ3n) is 2.63. The molecule has 0 spiro atoms. The molecule has 102 valence electrons. The molecule has 2 atom stereocenters. The van der Waals surface area contributed by atoms with Crippen molar-refractivity contribution >= 4 is 35.8 Å². The summed E-state index contributed by atoms with van der Waals surface area (Å²) in [4.78, 5) is 24.0. The molecule has 1 fully saturated rings. The van der Waals surface area contributed by atoms with E-state index in [9.17, 15) is 14.7 Å². The largest absolute Gasteiger partial charge is 0.477 e. The lowest BCUT2D eigenvalue weighted by Crippen LogP contribution is -2.68. The molecule has 0 bridgehead atoms. The summed E-state index contributed by atoms with van der Waals surface area (Å²) in [6.07, 6.45) is 1.23. The summed E-state index contributed by atoms with van der Waals surface area (Å²) >= 11 is 1.37. The number of guanidine groups is 1. The minimum atomic E-state index is -1.21. The van der Waals surface area contributed by atoms with Crippen LogP contribution in [0, 0.1) is 0 Å². The Morgan fingerprint density at radius 1 is 1.53 bits per heavy atom. The molecular formula is C9H12N6O3S.